The first kappa shape index (κ1) is 24.1. The van der Waals surface area contributed by atoms with Gasteiger partial charge in [-0.1, -0.05) is 22.9 Å². The van der Waals surface area contributed by atoms with Crippen molar-refractivity contribution in [2.45, 2.75) is 13.5 Å². The molecule has 0 spiro atoms. The van der Waals surface area contributed by atoms with Gasteiger partial charge >= 0.3 is 0 Å². The van der Waals surface area contributed by atoms with Crippen molar-refractivity contribution in [2.24, 2.45) is 0 Å². The number of fused-ring (bicyclic) bond motifs is 1. The average Bonchev–Trinajstić information content (AvgIpc) is 3.26. The fourth-order valence-corrected chi connectivity index (χ4v) is 4.25. The molecule has 0 bridgehead atoms. The summed E-state index contributed by atoms with van der Waals surface area (Å²) in [6, 6.07) is 9.62. The standard InChI is InChI=1S/C25H19ClFN5O2S/c1-15-13-32(14-35-15)7-3-4-24(33)31-22-9-18-21(10-23(22)34-2)29-12-16(11-28)25(18)30-17-5-6-20(27)19(26)8-17/h3-6,8-10,12-14H,7H2,1-2H3,(H-,29,30,31,33)/p+1/b4-3+. The summed E-state index contributed by atoms with van der Waals surface area (Å²) < 4.78 is 21.0. The number of hydrogen-bond acceptors (Lipinski definition) is 6. The number of thiazole rings is 1. The smallest absolute Gasteiger partial charge is 0.248 e. The molecule has 2 N–H and O–H groups in total. The highest BCUT2D eigenvalue weighted by Crippen LogP contribution is 2.36. The molecule has 0 aliphatic rings. The molecule has 0 fully saturated rings. The molecule has 0 atom stereocenters. The Labute approximate surface area is 210 Å². The maximum absolute atomic E-state index is 13.6. The highest BCUT2D eigenvalue weighted by Gasteiger charge is 2.15. The molecule has 176 valence electrons. The van der Waals surface area contributed by atoms with Crippen LogP contribution in [0.5, 0.6) is 5.75 Å². The molecule has 1 amide bonds. The molecule has 0 radical (unpaired) electrons. The van der Waals surface area contributed by atoms with Crippen LogP contribution >= 0.6 is 22.9 Å². The Bertz CT molecular complexity index is 1500. The summed E-state index contributed by atoms with van der Waals surface area (Å²) in [6.45, 7) is 2.58. The highest BCUT2D eigenvalue weighted by atomic mass is 35.5. The number of methoxy groups -OCH3 is 1. The third-order valence-corrected chi connectivity index (χ3v) is 6.21. The number of anilines is 3. The monoisotopic (exact) mass is 508 g/mol. The van der Waals surface area contributed by atoms with Gasteiger partial charge in [-0.15, -0.1) is 0 Å². The van der Waals surface area contributed by atoms with Crippen LogP contribution in [0.1, 0.15) is 10.4 Å². The summed E-state index contributed by atoms with van der Waals surface area (Å²) in [4.78, 5) is 18.1. The second kappa shape index (κ2) is 10.5. The molecule has 35 heavy (non-hydrogen) atoms. The molecule has 0 aliphatic heterocycles. The molecule has 0 saturated carbocycles. The summed E-state index contributed by atoms with van der Waals surface area (Å²) in [5, 5.41) is 16.1. The maximum Gasteiger partial charge on any atom is 0.248 e. The number of hydrogen-bond donors (Lipinski definition) is 2. The SMILES string of the molecule is COc1cc2ncc(C#N)c(Nc3ccc(F)c(Cl)c3)c2cc1NC(=O)/C=C/C[n+]1csc(C)c1. The van der Waals surface area contributed by atoms with E-state index < -0.39 is 5.82 Å². The summed E-state index contributed by atoms with van der Waals surface area (Å²) in [5.41, 5.74) is 4.12. The Hall–Kier alpha value is -4.00. The van der Waals surface area contributed by atoms with Crippen molar-refractivity contribution in [3.05, 3.63) is 81.7 Å². The largest absolute Gasteiger partial charge is 0.494 e. The molecule has 7 nitrogen and oxygen atoms in total. The van der Waals surface area contributed by atoms with E-state index in [-0.39, 0.29) is 16.5 Å². The van der Waals surface area contributed by atoms with Crippen LogP contribution in [0.25, 0.3) is 10.9 Å². The Morgan fingerprint density at radius 2 is 2.20 bits per heavy atom. The number of aromatic nitrogens is 2. The number of benzene rings is 2. The van der Waals surface area contributed by atoms with Crippen molar-refractivity contribution in [3.8, 4) is 11.8 Å². The minimum atomic E-state index is -0.548. The van der Waals surface area contributed by atoms with Gasteiger partial charge in [0.2, 0.25) is 11.4 Å². The number of ether oxygens (including phenoxy) is 1. The third-order valence-electron chi connectivity index (χ3n) is 5.06. The van der Waals surface area contributed by atoms with Gasteiger partial charge in [-0.25, -0.2) is 4.39 Å². The predicted molar refractivity (Wildman–Crippen MR) is 135 cm³/mol. The van der Waals surface area contributed by atoms with Gasteiger partial charge in [0.1, 0.15) is 17.6 Å². The molecule has 0 unspecified atom stereocenters. The van der Waals surface area contributed by atoms with Crippen LogP contribution in [0.3, 0.4) is 0 Å². The Morgan fingerprint density at radius 1 is 1.37 bits per heavy atom. The number of nitriles is 1. The van der Waals surface area contributed by atoms with Crippen LogP contribution in [0.15, 0.2) is 60.4 Å². The van der Waals surface area contributed by atoms with E-state index in [9.17, 15) is 14.4 Å². The van der Waals surface area contributed by atoms with E-state index >= 15 is 0 Å². The van der Waals surface area contributed by atoms with E-state index in [0.29, 0.717) is 40.3 Å². The van der Waals surface area contributed by atoms with Gasteiger partial charge in [-0.2, -0.15) is 9.83 Å². The molecule has 2 heterocycles. The first-order chi connectivity index (χ1) is 16.9. The molecule has 0 saturated heterocycles. The molecule has 4 aromatic rings. The Kier molecular flexibility index (Phi) is 7.25. The van der Waals surface area contributed by atoms with E-state index in [4.69, 9.17) is 16.3 Å². The van der Waals surface area contributed by atoms with Gasteiger partial charge < -0.3 is 15.4 Å². The predicted octanol–water partition coefficient (Wildman–Crippen LogP) is 5.50. The van der Waals surface area contributed by atoms with Gasteiger partial charge in [0.25, 0.3) is 0 Å². The van der Waals surface area contributed by atoms with Crippen LogP contribution in [0.2, 0.25) is 5.02 Å². The van der Waals surface area contributed by atoms with Gasteiger partial charge in [-0.3, -0.25) is 9.78 Å². The number of nitrogens with one attached hydrogen (secondary N) is 2. The first-order valence-corrected chi connectivity index (χ1v) is 11.7. The minimum Gasteiger partial charge on any atom is -0.494 e. The molecular weight excluding hydrogens is 489 g/mol. The number of carbonyl (C=O) groups is 1. The quantitative estimate of drug-likeness (QED) is 0.254. The highest BCUT2D eigenvalue weighted by molar-refractivity contribution is 7.09. The first-order valence-electron chi connectivity index (χ1n) is 10.4. The number of nitrogens with zero attached hydrogens (tertiary/aromatic N) is 3. The second-order valence-corrected chi connectivity index (χ2v) is 9.03. The number of halogens is 2. The van der Waals surface area contributed by atoms with Gasteiger partial charge in [-0.05, 0) is 37.3 Å². The lowest BCUT2D eigenvalue weighted by Crippen LogP contribution is -2.29. The number of pyridine rings is 1. The fourth-order valence-electron chi connectivity index (χ4n) is 3.42. The zero-order chi connectivity index (χ0) is 24.9. The second-order valence-electron chi connectivity index (χ2n) is 7.53. The maximum atomic E-state index is 13.6. The van der Waals surface area contributed by atoms with Crippen LogP contribution in [0.4, 0.5) is 21.5 Å². The minimum absolute atomic E-state index is 0.0518. The lowest BCUT2D eigenvalue weighted by atomic mass is 10.1. The van der Waals surface area contributed by atoms with E-state index in [1.165, 1.54) is 42.5 Å². The normalized spacial score (nSPS) is 10.9. The van der Waals surface area contributed by atoms with Gasteiger partial charge in [0.15, 0.2) is 12.7 Å². The summed E-state index contributed by atoms with van der Waals surface area (Å²) in [7, 11) is 1.49. The van der Waals surface area contributed by atoms with E-state index in [1.54, 1.807) is 29.5 Å². The van der Waals surface area contributed by atoms with Crippen molar-refractivity contribution in [2.75, 3.05) is 17.7 Å². The number of carbonyl (C=O) groups excluding carboxylic acids is 1. The van der Waals surface area contributed by atoms with Crippen LogP contribution in [0, 0.1) is 24.1 Å². The van der Waals surface area contributed by atoms with Crippen molar-refractivity contribution >= 4 is 56.8 Å². The molecule has 0 aliphatic carbocycles. The van der Waals surface area contributed by atoms with E-state index in [0.717, 1.165) is 0 Å². The van der Waals surface area contributed by atoms with Gasteiger partial charge in [0, 0.05) is 29.4 Å². The van der Waals surface area contributed by atoms with Crippen molar-refractivity contribution in [1.29, 1.82) is 5.26 Å². The zero-order valence-corrected chi connectivity index (χ0v) is 20.4. The van der Waals surface area contributed by atoms with Crippen molar-refractivity contribution in [1.82, 2.24) is 4.98 Å². The molecule has 2 aromatic heterocycles. The van der Waals surface area contributed by atoms with Crippen molar-refractivity contribution < 1.29 is 18.5 Å². The van der Waals surface area contributed by atoms with Crippen LogP contribution in [-0.2, 0) is 11.3 Å². The van der Waals surface area contributed by atoms with Crippen LogP contribution in [-0.4, -0.2) is 18.0 Å². The Morgan fingerprint density at radius 3 is 2.89 bits per heavy atom. The summed E-state index contributed by atoms with van der Waals surface area (Å²) in [5.74, 6) is -0.470. The van der Waals surface area contributed by atoms with Gasteiger partial charge in [0.05, 0.1) is 39.5 Å². The van der Waals surface area contributed by atoms with Crippen LogP contribution < -0.4 is 19.9 Å². The lowest BCUT2D eigenvalue weighted by Gasteiger charge is -2.15. The number of aryl methyl sites for hydroxylation is 1. The fraction of sp³-hybridized carbons (Fsp3) is 0.120. The molecule has 4 rings (SSSR count). The average molecular weight is 509 g/mol. The number of rotatable bonds is 7. The zero-order valence-electron chi connectivity index (χ0n) is 18.8. The van der Waals surface area contributed by atoms with E-state index in [1.807, 2.05) is 23.2 Å². The Balaban J connectivity index is 1.66. The molecular formula is C25H20ClFN5O2S+. The number of allylic oxidation sites excluding steroid dienone is 1. The third kappa shape index (κ3) is 5.57. The summed E-state index contributed by atoms with van der Waals surface area (Å²) in [6.07, 6.45) is 6.64. The van der Waals surface area contributed by atoms with Crippen molar-refractivity contribution in [3.63, 3.8) is 0 Å². The lowest BCUT2D eigenvalue weighted by molar-refractivity contribution is -0.682. The topological polar surface area (TPSA) is 90.9 Å². The molecule has 10 heteroatoms. The summed E-state index contributed by atoms with van der Waals surface area (Å²) >= 11 is 7.54. The van der Waals surface area contributed by atoms with E-state index in [2.05, 4.69) is 21.7 Å². The molecule has 2 aromatic carbocycles. The number of amides is 1.